The second-order valence-electron chi connectivity index (χ2n) is 7.01. The van der Waals surface area contributed by atoms with Gasteiger partial charge in [-0.25, -0.2) is 0 Å². The van der Waals surface area contributed by atoms with Gasteiger partial charge in [-0.1, -0.05) is 13.0 Å². The first-order valence-corrected chi connectivity index (χ1v) is 9.11. The number of piperidine rings is 1. The minimum Gasteiger partial charge on any atom is -0.507 e. The topological polar surface area (TPSA) is 58.4 Å². The fraction of sp³-hybridized carbons (Fsp3) is 0.500. The van der Waals surface area contributed by atoms with Crippen molar-refractivity contribution in [3.63, 3.8) is 0 Å². The van der Waals surface area contributed by atoms with Crippen molar-refractivity contribution in [2.24, 2.45) is 5.92 Å². The molecular formula is C20H27N3O2. The van der Waals surface area contributed by atoms with Crippen LogP contribution in [0.2, 0.25) is 0 Å². The molecule has 1 aliphatic rings. The molecule has 1 atom stereocenters. The van der Waals surface area contributed by atoms with E-state index in [2.05, 4.69) is 16.8 Å². The molecule has 0 radical (unpaired) electrons. The summed E-state index contributed by atoms with van der Waals surface area (Å²) in [6.45, 7) is 8.47. The Labute approximate surface area is 148 Å². The van der Waals surface area contributed by atoms with E-state index in [1.54, 1.807) is 16.8 Å². The van der Waals surface area contributed by atoms with E-state index in [0.717, 1.165) is 37.3 Å². The van der Waals surface area contributed by atoms with Gasteiger partial charge in [0.25, 0.3) is 5.56 Å². The van der Waals surface area contributed by atoms with Crippen LogP contribution in [0.25, 0.3) is 0 Å². The van der Waals surface area contributed by atoms with Crippen LogP contribution in [0.3, 0.4) is 0 Å². The highest BCUT2D eigenvalue weighted by atomic mass is 16.3. The fourth-order valence-corrected chi connectivity index (χ4v) is 3.76. The molecule has 5 heteroatoms. The Morgan fingerprint density at radius 2 is 2.04 bits per heavy atom. The van der Waals surface area contributed by atoms with Crippen molar-refractivity contribution in [1.29, 1.82) is 0 Å². The molecule has 0 saturated carbocycles. The SMILES string of the molecule is CCn1c(C)cc(O)c(C(c2ccccn2)N2CCC(C)CC2)c1=O. The summed E-state index contributed by atoms with van der Waals surface area (Å²) in [5.41, 5.74) is 1.92. The molecule has 0 amide bonds. The van der Waals surface area contributed by atoms with Crippen molar-refractivity contribution < 1.29 is 5.11 Å². The first-order chi connectivity index (χ1) is 12.0. The largest absolute Gasteiger partial charge is 0.507 e. The number of pyridine rings is 2. The number of aromatic hydroxyl groups is 1. The average molecular weight is 341 g/mol. The fourth-order valence-electron chi connectivity index (χ4n) is 3.76. The maximum atomic E-state index is 13.1. The number of hydrogen-bond acceptors (Lipinski definition) is 4. The summed E-state index contributed by atoms with van der Waals surface area (Å²) in [5.74, 6) is 0.765. The van der Waals surface area contributed by atoms with Gasteiger partial charge in [0.15, 0.2) is 0 Å². The van der Waals surface area contributed by atoms with E-state index in [1.807, 2.05) is 32.0 Å². The Morgan fingerprint density at radius 3 is 2.64 bits per heavy atom. The van der Waals surface area contributed by atoms with Crippen molar-refractivity contribution in [2.45, 2.75) is 46.2 Å². The maximum absolute atomic E-state index is 13.1. The molecule has 3 heterocycles. The molecule has 1 unspecified atom stereocenters. The third-order valence-corrected chi connectivity index (χ3v) is 5.26. The molecular weight excluding hydrogens is 314 g/mol. The lowest BCUT2D eigenvalue weighted by molar-refractivity contribution is 0.152. The molecule has 3 rings (SSSR count). The quantitative estimate of drug-likeness (QED) is 0.928. The van der Waals surface area contributed by atoms with Gasteiger partial charge in [0.2, 0.25) is 0 Å². The maximum Gasteiger partial charge on any atom is 0.259 e. The normalized spacial score (nSPS) is 17.6. The second-order valence-corrected chi connectivity index (χ2v) is 7.01. The summed E-state index contributed by atoms with van der Waals surface area (Å²) >= 11 is 0. The van der Waals surface area contributed by atoms with E-state index >= 15 is 0 Å². The molecule has 0 spiro atoms. The van der Waals surface area contributed by atoms with Gasteiger partial charge in [-0.2, -0.15) is 0 Å². The van der Waals surface area contributed by atoms with Crippen molar-refractivity contribution in [3.05, 3.63) is 57.8 Å². The molecule has 134 valence electrons. The van der Waals surface area contributed by atoms with Crippen LogP contribution in [0.15, 0.2) is 35.3 Å². The molecule has 0 aliphatic carbocycles. The third kappa shape index (κ3) is 3.47. The van der Waals surface area contributed by atoms with Crippen LogP contribution < -0.4 is 5.56 Å². The van der Waals surface area contributed by atoms with Crippen molar-refractivity contribution in [1.82, 2.24) is 14.5 Å². The zero-order valence-electron chi connectivity index (χ0n) is 15.3. The molecule has 2 aromatic rings. The molecule has 0 bridgehead atoms. The second kappa shape index (κ2) is 7.40. The first-order valence-electron chi connectivity index (χ1n) is 9.11. The van der Waals surface area contributed by atoms with E-state index in [9.17, 15) is 9.90 Å². The summed E-state index contributed by atoms with van der Waals surface area (Å²) in [6.07, 6.45) is 3.94. The summed E-state index contributed by atoms with van der Waals surface area (Å²) in [6, 6.07) is 7.14. The van der Waals surface area contributed by atoms with Crippen LogP contribution in [0.5, 0.6) is 5.75 Å². The highest BCUT2D eigenvalue weighted by molar-refractivity contribution is 5.39. The molecule has 1 aliphatic heterocycles. The zero-order valence-corrected chi connectivity index (χ0v) is 15.3. The summed E-state index contributed by atoms with van der Waals surface area (Å²) < 4.78 is 1.72. The predicted molar refractivity (Wildman–Crippen MR) is 98.8 cm³/mol. The van der Waals surface area contributed by atoms with E-state index in [-0.39, 0.29) is 17.4 Å². The monoisotopic (exact) mass is 341 g/mol. The number of aromatic nitrogens is 2. The molecule has 2 aromatic heterocycles. The van der Waals surface area contributed by atoms with E-state index < -0.39 is 0 Å². The lowest BCUT2D eigenvalue weighted by atomic mass is 9.94. The van der Waals surface area contributed by atoms with Gasteiger partial charge in [-0.05, 0) is 63.9 Å². The summed E-state index contributed by atoms with van der Waals surface area (Å²) in [4.78, 5) is 19.9. The molecule has 1 N–H and O–H groups in total. The Kier molecular flexibility index (Phi) is 5.23. The number of hydrogen-bond donors (Lipinski definition) is 1. The van der Waals surface area contributed by atoms with Crippen LogP contribution >= 0.6 is 0 Å². The highest BCUT2D eigenvalue weighted by Gasteiger charge is 2.31. The summed E-state index contributed by atoms with van der Waals surface area (Å²) in [5, 5.41) is 10.6. The summed E-state index contributed by atoms with van der Waals surface area (Å²) in [7, 11) is 0. The lowest BCUT2D eigenvalue weighted by Crippen LogP contribution is -2.40. The van der Waals surface area contributed by atoms with Gasteiger partial charge in [-0.3, -0.25) is 14.7 Å². The smallest absolute Gasteiger partial charge is 0.259 e. The molecule has 25 heavy (non-hydrogen) atoms. The van der Waals surface area contributed by atoms with Crippen LogP contribution in [0.1, 0.15) is 49.7 Å². The average Bonchev–Trinajstić information content (AvgIpc) is 2.60. The van der Waals surface area contributed by atoms with Gasteiger partial charge in [0.1, 0.15) is 5.75 Å². The highest BCUT2D eigenvalue weighted by Crippen LogP contribution is 2.34. The van der Waals surface area contributed by atoms with Gasteiger partial charge in [0, 0.05) is 18.4 Å². The van der Waals surface area contributed by atoms with Crippen molar-refractivity contribution >= 4 is 0 Å². The van der Waals surface area contributed by atoms with Gasteiger partial charge in [0.05, 0.1) is 17.3 Å². The minimum atomic E-state index is -0.306. The number of rotatable bonds is 4. The van der Waals surface area contributed by atoms with Gasteiger partial charge >= 0.3 is 0 Å². The number of nitrogens with zero attached hydrogens (tertiary/aromatic N) is 3. The molecule has 5 nitrogen and oxygen atoms in total. The Hall–Kier alpha value is -2.14. The Bertz CT molecular complexity index is 778. The lowest BCUT2D eigenvalue weighted by Gasteiger charge is -2.36. The first kappa shape index (κ1) is 17.7. The van der Waals surface area contributed by atoms with Crippen LogP contribution in [-0.4, -0.2) is 32.6 Å². The van der Waals surface area contributed by atoms with Gasteiger partial charge < -0.3 is 9.67 Å². The zero-order chi connectivity index (χ0) is 18.0. The number of likely N-dealkylation sites (tertiary alicyclic amines) is 1. The van der Waals surface area contributed by atoms with Crippen LogP contribution in [0.4, 0.5) is 0 Å². The van der Waals surface area contributed by atoms with Crippen LogP contribution in [-0.2, 0) is 6.54 Å². The Balaban J connectivity index is 2.14. The third-order valence-electron chi connectivity index (χ3n) is 5.26. The van der Waals surface area contributed by atoms with E-state index in [0.29, 0.717) is 18.0 Å². The molecule has 1 fully saturated rings. The predicted octanol–water partition coefficient (Wildman–Crippen LogP) is 3.10. The van der Waals surface area contributed by atoms with E-state index in [1.165, 1.54) is 0 Å². The van der Waals surface area contributed by atoms with Crippen molar-refractivity contribution in [3.8, 4) is 5.75 Å². The van der Waals surface area contributed by atoms with E-state index in [4.69, 9.17) is 0 Å². The standard InChI is InChI=1S/C20H27N3O2/c1-4-23-15(3)13-17(24)18(20(23)25)19(16-7-5-6-10-21-16)22-11-8-14(2)9-12-22/h5-7,10,13-14,19,24H,4,8-9,11-12H2,1-3H3. The molecule has 0 aromatic carbocycles. The minimum absolute atomic E-state index is 0.0708. The Morgan fingerprint density at radius 1 is 1.32 bits per heavy atom. The van der Waals surface area contributed by atoms with Gasteiger partial charge in [-0.15, -0.1) is 0 Å². The van der Waals surface area contributed by atoms with Crippen LogP contribution in [0, 0.1) is 12.8 Å². The molecule has 1 saturated heterocycles. The number of aryl methyl sites for hydroxylation is 1. The van der Waals surface area contributed by atoms with Crippen molar-refractivity contribution in [2.75, 3.05) is 13.1 Å².